The van der Waals surface area contributed by atoms with Crippen LogP contribution < -0.4 is 15.2 Å². The number of ether oxygens (including phenoxy) is 3. The van der Waals surface area contributed by atoms with E-state index in [0.29, 0.717) is 41.6 Å². The maximum atomic E-state index is 12.7. The van der Waals surface area contributed by atoms with Crippen LogP contribution >= 0.6 is 0 Å². The third-order valence-electron chi connectivity index (χ3n) is 6.26. The van der Waals surface area contributed by atoms with Gasteiger partial charge in [0.25, 0.3) is 0 Å². The fourth-order valence-corrected chi connectivity index (χ4v) is 4.70. The van der Waals surface area contributed by atoms with E-state index in [2.05, 4.69) is 9.97 Å². The van der Waals surface area contributed by atoms with E-state index in [-0.39, 0.29) is 12.1 Å². The van der Waals surface area contributed by atoms with Gasteiger partial charge in [0.1, 0.15) is 34.9 Å². The maximum absolute atomic E-state index is 12.7. The van der Waals surface area contributed by atoms with Gasteiger partial charge >= 0.3 is 6.09 Å². The summed E-state index contributed by atoms with van der Waals surface area (Å²) in [5.74, 6) is 2.46. The van der Waals surface area contributed by atoms with Gasteiger partial charge in [0.2, 0.25) is 5.88 Å². The predicted molar refractivity (Wildman–Crippen MR) is 142 cm³/mol. The number of aromatic nitrogens is 3. The highest BCUT2D eigenvalue weighted by Gasteiger charge is 2.35. The molecule has 1 saturated heterocycles. The van der Waals surface area contributed by atoms with Crippen LogP contribution in [0.25, 0.3) is 22.2 Å². The molecule has 2 N–H and O–H groups in total. The number of likely N-dealkylation sites (tertiary alicyclic amines) is 1. The van der Waals surface area contributed by atoms with Crippen LogP contribution in [0.1, 0.15) is 33.2 Å². The standard InChI is InChI=1S/C28H31N5O4/c1-28(2,3)37-27(34)32-15-14-19(16-32)33-25-23(24(29)30-17-31-25)22(26(33)35-4)18-10-12-21(13-11-18)36-20-8-6-5-7-9-20/h5-13,17,19H,14-16H2,1-4H3,(H2,29,30,31)/t19-/m1/s1. The SMILES string of the molecule is COc1c(-c2ccc(Oc3ccccc3)cc2)c2c(N)ncnc2n1[C@@H]1CCN(C(=O)OC(C)(C)C)C1. The van der Waals surface area contributed by atoms with Gasteiger partial charge in [0, 0.05) is 13.1 Å². The van der Waals surface area contributed by atoms with Gasteiger partial charge in [-0.2, -0.15) is 0 Å². The minimum absolute atomic E-state index is 0.0614. The molecule has 2 aromatic heterocycles. The molecule has 1 aliphatic rings. The fourth-order valence-electron chi connectivity index (χ4n) is 4.70. The van der Waals surface area contributed by atoms with Crippen molar-refractivity contribution in [2.75, 3.05) is 25.9 Å². The topological polar surface area (TPSA) is 105 Å². The van der Waals surface area contributed by atoms with Crippen molar-refractivity contribution in [3.63, 3.8) is 0 Å². The minimum atomic E-state index is -0.557. The third kappa shape index (κ3) is 4.89. The quantitative estimate of drug-likeness (QED) is 0.376. The molecule has 1 aliphatic heterocycles. The molecule has 1 atom stereocenters. The summed E-state index contributed by atoms with van der Waals surface area (Å²) in [4.78, 5) is 23.3. The Labute approximate surface area is 215 Å². The van der Waals surface area contributed by atoms with Crippen molar-refractivity contribution in [3.05, 3.63) is 60.9 Å². The van der Waals surface area contributed by atoms with E-state index in [1.807, 2.05) is 79.9 Å². The number of hydrogen-bond acceptors (Lipinski definition) is 7. The number of benzene rings is 2. The molecule has 9 heteroatoms. The Hall–Kier alpha value is -4.27. The van der Waals surface area contributed by atoms with Gasteiger partial charge in [0.15, 0.2) is 0 Å². The van der Waals surface area contributed by atoms with Gasteiger partial charge in [-0.15, -0.1) is 0 Å². The van der Waals surface area contributed by atoms with Crippen LogP contribution in [0.2, 0.25) is 0 Å². The summed E-state index contributed by atoms with van der Waals surface area (Å²) >= 11 is 0. The highest BCUT2D eigenvalue weighted by Crippen LogP contribution is 2.45. The second-order valence-corrected chi connectivity index (χ2v) is 10.0. The van der Waals surface area contributed by atoms with Crippen molar-refractivity contribution in [1.29, 1.82) is 0 Å². The molecule has 4 aromatic rings. The van der Waals surface area contributed by atoms with Crippen molar-refractivity contribution in [2.45, 2.75) is 38.8 Å². The summed E-state index contributed by atoms with van der Waals surface area (Å²) < 4.78 is 19.5. The van der Waals surface area contributed by atoms with E-state index in [0.717, 1.165) is 23.3 Å². The Morgan fingerprint density at radius 3 is 2.41 bits per heavy atom. The highest BCUT2D eigenvalue weighted by atomic mass is 16.6. The van der Waals surface area contributed by atoms with E-state index >= 15 is 0 Å². The lowest BCUT2D eigenvalue weighted by Gasteiger charge is -2.24. The Bertz CT molecular complexity index is 1410. The van der Waals surface area contributed by atoms with Gasteiger partial charge in [-0.05, 0) is 57.0 Å². The molecule has 0 radical (unpaired) electrons. The average molecular weight is 502 g/mol. The summed E-state index contributed by atoms with van der Waals surface area (Å²) in [6.07, 6.45) is 1.86. The number of amides is 1. The highest BCUT2D eigenvalue weighted by molar-refractivity contribution is 6.04. The lowest BCUT2D eigenvalue weighted by Crippen LogP contribution is -2.35. The van der Waals surface area contributed by atoms with Crippen LogP contribution in [0, 0.1) is 0 Å². The van der Waals surface area contributed by atoms with Gasteiger partial charge < -0.3 is 24.8 Å². The molecule has 2 aromatic carbocycles. The van der Waals surface area contributed by atoms with Crippen LogP contribution in [-0.2, 0) is 4.74 Å². The Morgan fingerprint density at radius 1 is 1.03 bits per heavy atom. The molecule has 0 unspecified atom stereocenters. The van der Waals surface area contributed by atoms with E-state index in [4.69, 9.17) is 19.9 Å². The largest absolute Gasteiger partial charge is 0.482 e. The van der Waals surface area contributed by atoms with E-state index < -0.39 is 5.60 Å². The number of anilines is 1. The van der Waals surface area contributed by atoms with E-state index in [1.54, 1.807) is 12.0 Å². The van der Waals surface area contributed by atoms with Crippen molar-refractivity contribution in [3.8, 4) is 28.5 Å². The zero-order chi connectivity index (χ0) is 26.2. The second kappa shape index (κ2) is 9.65. The number of nitrogens with zero attached hydrogens (tertiary/aromatic N) is 4. The molecule has 0 saturated carbocycles. The number of carbonyl (C=O) groups is 1. The molecule has 1 fully saturated rings. The first-order valence-electron chi connectivity index (χ1n) is 12.2. The monoisotopic (exact) mass is 501 g/mol. The molecule has 5 rings (SSSR count). The number of carbonyl (C=O) groups excluding carboxylic acids is 1. The van der Waals surface area contributed by atoms with Crippen LogP contribution in [0.3, 0.4) is 0 Å². The average Bonchev–Trinajstić information content (AvgIpc) is 3.47. The van der Waals surface area contributed by atoms with Crippen molar-refractivity contribution < 1.29 is 19.0 Å². The fraction of sp³-hybridized carbons (Fsp3) is 0.321. The zero-order valence-corrected chi connectivity index (χ0v) is 21.5. The number of para-hydroxylation sites is 1. The summed E-state index contributed by atoms with van der Waals surface area (Å²) in [5.41, 5.74) is 8.18. The molecule has 3 heterocycles. The van der Waals surface area contributed by atoms with Gasteiger partial charge in [-0.25, -0.2) is 14.8 Å². The van der Waals surface area contributed by atoms with E-state index in [9.17, 15) is 4.79 Å². The number of methoxy groups -OCH3 is 1. The van der Waals surface area contributed by atoms with E-state index in [1.165, 1.54) is 6.33 Å². The first-order chi connectivity index (χ1) is 17.7. The van der Waals surface area contributed by atoms with Gasteiger partial charge in [-0.1, -0.05) is 30.3 Å². The first kappa shape index (κ1) is 24.4. The van der Waals surface area contributed by atoms with Gasteiger partial charge in [0.05, 0.1) is 24.1 Å². The summed E-state index contributed by atoms with van der Waals surface area (Å²) in [6.45, 7) is 6.64. The van der Waals surface area contributed by atoms with Crippen molar-refractivity contribution in [1.82, 2.24) is 19.4 Å². The predicted octanol–water partition coefficient (Wildman–Crippen LogP) is 5.66. The second-order valence-electron chi connectivity index (χ2n) is 10.0. The smallest absolute Gasteiger partial charge is 0.410 e. The van der Waals surface area contributed by atoms with Crippen LogP contribution in [0.4, 0.5) is 10.6 Å². The van der Waals surface area contributed by atoms with Crippen LogP contribution in [0.15, 0.2) is 60.9 Å². The molecule has 37 heavy (non-hydrogen) atoms. The number of nitrogens with two attached hydrogens (primary N) is 1. The molecule has 9 nitrogen and oxygen atoms in total. The lowest BCUT2D eigenvalue weighted by atomic mass is 10.1. The summed E-state index contributed by atoms with van der Waals surface area (Å²) in [7, 11) is 1.63. The van der Waals surface area contributed by atoms with Crippen LogP contribution in [-0.4, -0.2) is 51.3 Å². The van der Waals surface area contributed by atoms with Crippen molar-refractivity contribution in [2.24, 2.45) is 0 Å². The van der Waals surface area contributed by atoms with Gasteiger partial charge in [-0.3, -0.25) is 4.57 Å². The molecule has 192 valence electrons. The Balaban J connectivity index is 1.52. The summed E-state index contributed by atoms with van der Waals surface area (Å²) in [6, 6.07) is 17.3. The Kier molecular flexibility index (Phi) is 6.37. The molecule has 0 bridgehead atoms. The normalized spacial score (nSPS) is 15.7. The minimum Gasteiger partial charge on any atom is -0.482 e. The maximum Gasteiger partial charge on any atom is 0.410 e. The molecular formula is C28H31N5O4. The lowest BCUT2D eigenvalue weighted by molar-refractivity contribution is 0.0288. The number of nitrogen functional groups attached to an aromatic ring is 1. The number of rotatable bonds is 5. The molecule has 0 aliphatic carbocycles. The number of hydrogen-bond donors (Lipinski definition) is 1. The first-order valence-corrected chi connectivity index (χ1v) is 12.2. The summed E-state index contributed by atoms with van der Waals surface area (Å²) in [5, 5.41) is 0.715. The Morgan fingerprint density at radius 2 is 1.73 bits per heavy atom. The van der Waals surface area contributed by atoms with Crippen LogP contribution in [0.5, 0.6) is 17.4 Å². The number of fused-ring (bicyclic) bond motifs is 1. The molecular weight excluding hydrogens is 470 g/mol. The molecule has 1 amide bonds. The zero-order valence-electron chi connectivity index (χ0n) is 21.5. The van der Waals surface area contributed by atoms with Crippen molar-refractivity contribution >= 4 is 22.9 Å². The third-order valence-corrected chi connectivity index (χ3v) is 6.26. The molecule has 0 spiro atoms.